The van der Waals surface area contributed by atoms with Gasteiger partial charge in [0.05, 0.1) is 17.1 Å². The topological polar surface area (TPSA) is 6.48 Å². The van der Waals surface area contributed by atoms with Crippen LogP contribution in [0.25, 0.3) is 16.7 Å². The van der Waals surface area contributed by atoms with E-state index in [1.807, 2.05) is 0 Å². The van der Waals surface area contributed by atoms with Crippen LogP contribution in [0, 0.1) is 42.9 Å². The zero-order valence-electron chi connectivity index (χ0n) is 47.1. The zero-order chi connectivity index (χ0) is 51.8. The number of benzene rings is 5. The average molecular weight is 943 g/mol. The van der Waals surface area contributed by atoms with Gasteiger partial charge in [-0.2, -0.15) is 0 Å². The van der Waals surface area contributed by atoms with E-state index in [2.05, 4.69) is 262 Å². The Kier molecular flexibility index (Phi) is 13.5. The van der Waals surface area contributed by atoms with E-state index in [1.54, 1.807) is 0 Å². The quantitative estimate of drug-likeness (QED) is 0.145. The van der Waals surface area contributed by atoms with Crippen LogP contribution in [0.4, 0.5) is 22.7 Å². The van der Waals surface area contributed by atoms with Crippen molar-refractivity contribution in [2.24, 2.45) is 22.2 Å². The van der Waals surface area contributed by atoms with Crippen LogP contribution in [0.2, 0.25) is 0 Å². The van der Waals surface area contributed by atoms with Crippen molar-refractivity contribution in [1.82, 2.24) is 0 Å². The molecule has 3 aliphatic carbocycles. The average Bonchev–Trinajstić information content (AvgIpc) is 3.75. The number of allylic oxidation sites excluding steroid dienone is 7. The summed E-state index contributed by atoms with van der Waals surface area (Å²) in [6.07, 6.45) is 14.6. The van der Waals surface area contributed by atoms with Crippen molar-refractivity contribution in [2.75, 3.05) is 9.80 Å². The Bertz CT molecular complexity index is 2980. The SMILES string of the molecule is C=C(/C=C1\C(=C/C)C(C)(C)CCC1(C)C)N(c1cc(-c2ccccc2)ccc1C)c1cc(C(C)(C)C)cc(N(C2=CC(C(C)(C)C)C=C2c2ccccc2)c2cc3c(cc2C)C(C)(C)CCC3(C)C)c1C. The summed E-state index contributed by atoms with van der Waals surface area (Å²) in [6, 6.07) is 39.1. The molecule has 1 saturated carbocycles. The summed E-state index contributed by atoms with van der Waals surface area (Å²) >= 11 is 0. The Hall–Kier alpha value is -5.60. The highest BCUT2D eigenvalue weighted by atomic mass is 15.2. The molecule has 0 heterocycles. The van der Waals surface area contributed by atoms with E-state index >= 15 is 0 Å². The molecule has 5 aromatic rings. The van der Waals surface area contributed by atoms with Crippen molar-refractivity contribution in [2.45, 2.75) is 167 Å². The van der Waals surface area contributed by atoms with E-state index in [0.29, 0.717) is 0 Å². The number of nitrogens with zero attached hydrogens (tertiary/aromatic N) is 2. The molecule has 2 nitrogen and oxygen atoms in total. The summed E-state index contributed by atoms with van der Waals surface area (Å²) in [5.41, 5.74) is 22.6. The molecule has 0 bridgehead atoms. The largest absolute Gasteiger partial charge is 0.310 e. The summed E-state index contributed by atoms with van der Waals surface area (Å²) in [5.74, 6) is 0.226. The molecule has 1 unspecified atom stereocenters. The van der Waals surface area contributed by atoms with Crippen LogP contribution in [0.15, 0.2) is 157 Å². The fourth-order valence-electron chi connectivity index (χ4n) is 11.8. The van der Waals surface area contributed by atoms with E-state index in [0.717, 1.165) is 36.3 Å². The van der Waals surface area contributed by atoms with Gasteiger partial charge in [0.2, 0.25) is 0 Å². The molecule has 8 rings (SSSR count). The van der Waals surface area contributed by atoms with E-state index in [9.17, 15) is 0 Å². The molecule has 0 saturated heterocycles. The highest BCUT2D eigenvalue weighted by Gasteiger charge is 2.42. The predicted molar refractivity (Wildman–Crippen MR) is 310 cm³/mol. The van der Waals surface area contributed by atoms with Crippen LogP contribution in [0.3, 0.4) is 0 Å². The van der Waals surface area contributed by atoms with Crippen LogP contribution in [0.5, 0.6) is 0 Å². The smallest absolute Gasteiger partial charge is 0.0514 e. The number of hydrogen-bond donors (Lipinski definition) is 0. The summed E-state index contributed by atoms with van der Waals surface area (Å²) in [4.78, 5) is 5.20. The molecule has 3 aliphatic rings. The lowest BCUT2D eigenvalue weighted by Gasteiger charge is -2.45. The Balaban J connectivity index is 1.50. The molecule has 0 radical (unpaired) electrons. The van der Waals surface area contributed by atoms with Gasteiger partial charge < -0.3 is 9.80 Å². The van der Waals surface area contributed by atoms with Gasteiger partial charge in [0, 0.05) is 28.6 Å². The number of rotatable bonds is 9. The number of hydrogen-bond acceptors (Lipinski definition) is 2. The third kappa shape index (κ3) is 9.87. The maximum atomic E-state index is 5.14. The molecule has 1 fully saturated rings. The van der Waals surface area contributed by atoms with Crippen molar-refractivity contribution in [3.8, 4) is 11.1 Å². The number of fused-ring (bicyclic) bond motifs is 1. The van der Waals surface area contributed by atoms with Gasteiger partial charge in [0.15, 0.2) is 0 Å². The number of anilines is 4. The zero-order valence-corrected chi connectivity index (χ0v) is 47.1. The molecule has 372 valence electrons. The monoisotopic (exact) mass is 943 g/mol. The lowest BCUT2D eigenvalue weighted by molar-refractivity contribution is 0.259. The molecule has 5 aromatic carbocycles. The molecule has 0 amide bonds. The molecule has 2 heteroatoms. The van der Waals surface area contributed by atoms with Gasteiger partial charge in [-0.3, -0.25) is 0 Å². The first-order valence-corrected chi connectivity index (χ1v) is 26.7. The first-order valence-electron chi connectivity index (χ1n) is 26.7. The van der Waals surface area contributed by atoms with Crippen molar-refractivity contribution in [3.05, 3.63) is 195 Å². The highest BCUT2D eigenvalue weighted by Crippen LogP contribution is 2.55. The van der Waals surface area contributed by atoms with Crippen molar-refractivity contribution in [3.63, 3.8) is 0 Å². The second kappa shape index (κ2) is 18.5. The number of aryl methyl sites for hydroxylation is 2. The van der Waals surface area contributed by atoms with Gasteiger partial charge in [0.25, 0.3) is 0 Å². The highest BCUT2D eigenvalue weighted by molar-refractivity contribution is 5.94. The summed E-state index contributed by atoms with van der Waals surface area (Å²) in [5, 5.41) is 0. The maximum Gasteiger partial charge on any atom is 0.0514 e. The third-order valence-corrected chi connectivity index (χ3v) is 17.0. The lowest BCUT2D eigenvalue weighted by Crippen LogP contribution is -2.34. The molecule has 0 spiro atoms. The van der Waals surface area contributed by atoms with Crippen LogP contribution in [-0.2, 0) is 16.2 Å². The molecule has 0 aliphatic heterocycles. The maximum absolute atomic E-state index is 5.14. The summed E-state index contributed by atoms with van der Waals surface area (Å²) in [7, 11) is 0. The van der Waals surface area contributed by atoms with Crippen molar-refractivity contribution < 1.29 is 0 Å². The minimum absolute atomic E-state index is 0.00835. The summed E-state index contributed by atoms with van der Waals surface area (Å²) < 4.78 is 0. The second-order valence-electron chi connectivity index (χ2n) is 26.3. The van der Waals surface area contributed by atoms with Gasteiger partial charge in [0.1, 0.15) is 0 Å². The van der Waals surface area contributed by atoms with Crippen LogP contribution >= 0.6 is 0 Å². The summed E-state index contributed by atoms with van der Waals surface area (Å²) in [6.45, 7) is 48.2. The standard InChI is InChI=1S/C69H86N2/c1-20-55-57(68(16,17)34-33-66(55,12)13)38-47(4)70(59-39-51(32-31-45(59)2)49-27-23-21-24-28-49)61-41-53(65(9,10)11)42-62(48(61)5)71(60-44-58-56(37-46(60)3)67(14,15)35-36-69(58,18)19)63-43-52(64(6,7)8)40-54(63)50-29-25-22-26-30-50/h20-32,37-44,52H,4,33-36H2,1-3,5-19H3/b55-20+,57-38+. The molecular formula is C69H86N2. The first-order chi connectivity index (χ1) is 33.1. The first kappa shape index (κ1) is 51.7. The minimum Gasteiger partial charge on any atom is -0.310 e. The minimum atomic E-state index is -0.185. The van der Waals surface area contributed by atoms with Gasteiger partial charge in [-0.05, 0) is 177 Å². The predicted octanol–water partition coefficient (Wildman–Crippen LogP) is 20.1. The van der Waals surface area contributed by atoms with E-state index in [-0.39, 0.29) is 38.4 Å². The van der Waals surface area contributed by atoms with E-state index in [4.69, 9.17) is 6.58 Å². The Labute approximate surface area is 431 Å². The van der Waals surface area contributed by atoms with Crippen molar-refractivity contribution >= 4 is 28.3 Å². The fraction of sp³-hybridized carbons (Fsp3) is 0.420. The Morgan fingerprint density at radius 2 is 1.08 bits per heavy atom. The Morgan fingerprint density at radius 3 is 1.65 bits per heavy atom. The van der Waals surface area contributed by atoms with E-state index in [1.165, 1.54) is 90.3 Å². The molecule has 1 atom stereocenters. The van der Waals surface area contributed by atoms with Crippen LogP contribution < -0.4 is 9.80 Å². The van der Waals surface area contributed by atoms with Gasteiger partial charge in [-0.15, -0.1) is 0 Å². The normalized spacial score (nSPS) is 20.3. The fourth-order valence-corrected chi connectivity index (χ4v) is 11.8. The van der Waals surface area contributed by atoms with Gasteiger partial charge in [-0.25, -0.2) is 0 Å². The van der Waals surface area contributed by atoms with Crippen molar-refractivity contribution in [1.29, 1.82) is 0 Å². The second-order valence-corrected chi connectivity index (χ2v) is 26.3. The third-order valence-electron chi connectivity index (χ3n) is 17.0. The van der Waals surface area contributed by atoms with Gasteiger partial charge >= 0.3 is 0 Å². The molecule has 71 heavy (non-hydrogen) atoms. The van der Waals surface area contributed by atoms with E-state index < -0.39 is 0 Å². The lowest BCUT2D eigenvalue weighted by atomic mass is 9.60. The molecule has 0 N–H and O–H groups in total. The molecule has 0 aromatic heterocycles. The Morgan fingerprint density at radius 1 is 0.549 bits per heavy atom. The van der Waals surface area contributed by atoms with Crippen LogP contribution in [0.1, 0.15) is 168 Å². The van der Waals surface area contributed by atoms with Gasteiger partial charge in [-0.1, -0.05) is 201 Å². The van der Waals surface area contributed by atoms with Crippen LogP contribution in [-0.4, -0.2) is 0 Å². The molecular weight excluding hydrogens is 857 g/mol.